The second-order valence-corrected chi connectivity index (χ2v) is 8.70. The summed E-state index contributed by atoms with van der Waals surface area (Å²) in [5.41, 5.74) is 2.61. The van der Waals surface area contributed by atoms with Gasteiger partial charge in [-0.15, -0.1) is 0 Å². The Morgan fingerprint density at radius 2 is 1.55 bits per heavy atom. The van der Waals surface area contributed by atoms with E-state index in [0.29, 0.717) is 12.2 Å². The maximum absolute atomic E-state index is 13.6. The van der Waals surface area contributed by atoms with Crippen LogP contribution in [0.2, 0.25) is 5.28 Å². The third kappa shape index (κ3) is 4.16. The molecule has 5 rings (SSSR count). The number of halogens is 3. The van der Waals surface area contributed by atoms with Gasteiger partial charge in [-0.05, 0) is 53.9 Å². The minimum Gasteiger partial charge on any atom is -0.351 e. The van der Waals surface area contributed by atoms with Crippen LogP contribution < -0.4 is 4.90 Å². The van der Waals surface area contributed by atoms with Gasteiger partial charge in [0.15, 0.2) is 5.65 Å². The zero-order valence-corrected chi connectivity index (χ0v) is 19.0. The Morgan fingerprint density at radius 3 is 2.12 bits per heavy atom. The van der Waals surface area contributed by atoms with Gasteiger partial charge in [0.25, 0.3) is 0 Å². The fourth-order valence-electron chi connectivity index (χ4n) is 4.64. The number of hydrogen-bond donors (Lipinski definition) is 0. The lowest BCUT2D eigenvalue weighted by Crippen LogP contribution is -2.53. The molecule has 9 heteroatoms. The van der Waals surface area contributed by atoms with E-state index in [2.05, 4.69) is 31.8 Å². The summed E-state index contributed by atoms with van der Waals surface area (Å²) in [5, 5.41) is 5.35. The first kappa shape index (κ1) is 21.7. The molecule has 6 nitrogen and oxygen atoms in total. The normalized spacial score (nSPS) is 17.3. The summed E-state index contributed by atoms with van der Waals surface area (Å²) in [7, 11) is 1.83. The molecule has 3 heterocycles. The molecule has 1 unspecified atom stereocenters. The third-order valence-electron chi connectivity index (χ3n) is 6.21. The van der Waals surface area contributed by atoms with Crippen molar-refractivity contribution in [1.29, 1.82) is 0 Å². The average Bonchev–Trinajstić information content (AvgIpc) is 3.17. The zero-order chi connectivity index (χ0) is 23.1. The summed E-state index contributed by atoms with van der Waals surface area (Å²) in [6, 6.07) is 13.0. The number of nitrogens with zero attached hydrogens (tertiary/aromatic N) is 6. The van der Waals surface area contributed by atoms with E-state index < -0.39 is 0 Å². The highest BCUT2D eigenvalue weighted by atomic mass is 35.5. The molecule has 0 spiro atoms. The maximum Gasteiger partial charge on any atom is 0.226 e. The third-order valence-corrected chi connectivity index (χ3v) is 6.38. The standard InChI is InChI=1S/C24H23ClF2N6/c1-15-14-32(11-12-33(15)23-20-13-28-31(2)22(20)29-24(25)30-23)21(16-3-7-18(26)8-4-16)17-5-9-19(27)10-6-17/h3-10,13,15,21H,11-12,14H2,1-2H3. The lowest BCUT2D eigenvalue weighted by Gasteiger charge is -2.44. The maximum atomic E-state index is 13.6. The number of piperazine rings is 1. The van der Waals surface area contributed by atoms with Crippen LogP contribution in [0.1, 0.15) is 24.1 Å². The summed E-state index contributed by atoms with van der Waals surface area (Å²) < 4.78 is 28.9. The summed E-state index contributed by atoms with van der Waals surface area (Å²) in [6.45, 7) is 4.30. The SMILES string of the molecule is CC1CN(C(c2ccc(F)cc2)c2ccc(F)cc2)CCN1c1nc(Cl)nc2c1cnn2C. The van der Waals surface area contributed by atoms with Crippen molar-refractivity contribution in [1.82, 2.24) is 24.6 Å². The van der Waals surface area contributed by atoms with Crippen LogP contribution in [-0.4, -0.2) is 50.3 Å². The Hall–Kier alpha value is -3.10. The van der Waals surface area contributed by atoms with Crippen LogP contribution in [0.25, 0.3) is 11.0 Å². The molecule has 0 amide bonds. The molecule has 1 aliphatic rings. The van der Waals surface area contributed by atoms with Crippen LogP contribution in [-0.2, 0) is 7.05 Å². The molecule has 0 bridgehead atoms. The molecule has 0 aliphatic carbocycles. The molecular weight excluding hydrogens is 446 g/mol. The Morgan fingerprint density at radius 1 is 0.939 bits per heavy atom. The number of fused-ring (bicyclic) bond motifs is 1. The van der Waals surface area contributed by atoms with Crippen LogP contribution in [0.3, 0.4) is 0 Å². The second-order valence-electron chi connectivity index (χ2n) is 8.36. The van der Waals surface area contributed by atoms with Crippen molar-refractivity contribution in [2.24, 2.45) is 7.05 Å². The van der Waals surface area contributed by atoms with Crippen molar-refractivity contribution in [3.8, 4) is 0 Å². The number of benzene rings is 2. The monoisotopic (exact) mass is 468 g/mol. The molecule has 2 aromatic heterocycles. The Bertz CT molecular complexity index is 1230. The van der Waals surface area contributed by atoms with Crippen molar-refractivity contribution in [3.63, 3.8) is 0 Å². The van der Waals surface area contributed by atoms with E-state index in [1.807, 2.05) is 7.05 Å². The van der Waals surface area contributed by atoms with Crippen molar-refractivity contribution in [3.05, 3.63) is 82.8 Å². The molecule has 0 N–H and O–H groups in total. The molecule has 0 saturated carbocycles. The molecule has 1 saturated heterocycles. The highest BCUT2D eigenvalue weighted by Gasteiger charge is 2.32. The van der Waals surface area contributed by atoms with Gasteiger partial charge < -0.3 is 4.90 Å². The summed E-state index contributed by atoms with van der Waals surface area (Å²) in [4.78, 5) is 13.4. The largest absolute Gasteiger partial charge is 0.351 e. The van der Waals surface area contributed by atoms with Crippen LogP contribution in [0.15, 0.2) is 54.7 Å². The van der Waals surface area contributed by atoms with Crippen LogP contribution in [0.5, 0.6) is 0 Å². The summed E-state index contributed by atoms with van der Waals surface area (Å²) in [5.74, 6) is 0.206. The first-order chi connectivity index (χ1) is 15.9. The fourth-order valence-corrected chi connectivity index (χ4v) is 4.80. The van der Waals surface area contributed by atoms with Gasteiger partial charge in [0, 0.05) is 32.7 Å². The van der Waals surface area contributed by atoms with Gasteiger partial charge in [0.05, 0.1) is 17.6 Å². The molecule has 0 radical (unpaired) electrons. The van der Waals surface area contributed by atoms with Crippen LogP contribution in [0, 0.1) is 11.6 Å². The van der Waals surface area contributed by atoms with E-state index in [0.717, 1.165) is 35.4 Å². The Labute approximate surface area is 195 Å². The number of rotatable bonds is 4. The smallest absolute Gasteiger partial charge is 0.226 e. The van der Waals surface area contributed by atoms with E-state index in [1.165, 1.54) is 24.3 Å². The number of aryl methyl sites for hydroxylation is 1. The van der Waals surface area contributed by atoms with Crippen molar-refractivity contribution in [2.45, 2.75) is 19.0 Å². The first-order valence-electron chi connectivity index (χ1n) is 10.8. The van der Waals surface area contributed by atoms with Gasteiger partial charge in [-0.1, -0.05) is 24.3 Å². The highest BCUT2D eigenvalue weighted by molar-refractivity contribution is 6.28. The lowest BCUT2D eigenvalue weighted by atomic mass is 9.95. The first-order valence-corrected chi connectivity index (χ1v) is 11.2. The van der Waals surface area contributed by atoms with E-state index in [1.54, 1.807) is 35.1 Å². The van der Waals surface area contributed by atoms with E-state index >= 15 is 0 Å². The lowest BCUT2D eigenvalue weighted by molar-refractivity contribution is 0.187. The summed E-state index contributed by atoms with van der Waals surface area (Å²) in [6.07, 6.45) is 1.76. The predicted octanol–water partition coefficient (Wildman–Crippen LogP) is 4.60. The van der Waals surface area contributed by atoms with Gasteiger partial charge in [-0.3, -0.25) is 9.58 Å². The zero-order valence-electron chi connectivity index (χ0n) is 18.3. The molecule has 2 aromatic carbocycles. The molecule has 170 valence electrons. The molecule has 4 aromatic rings. The Balaban J connectivity index is 1.47. The molecule has 33 heavy (non-hydrogen) atoms. The second kappa shape index (κ2) is 8.68. The highest BCUT2D eigenvalue weighted by Crippen LogP contribution is 2.34. The van der Waals surface area contributed by atoms with Gasteiger partial charge in [-0.25, -0.2) is 8.78 Å². The van der Waals surface area contributed by atoms with E-state index in [9.17, 15) is 8.78 Å². The van der Waals surface area contributed by atoms with Gasteiger partial charge >= 0.3 is 0 Å². The van der Waals surface area contributed by atoms with E-state index in [-0.39, 0.29) is 29.0 Å². The van der Waals surface area contributed by atoms with Crippen molar-refractivity contribution < 1.29 is 8.78 Å². The number of anilines is 1. The minimum atomic E-state index is -0.282. The summed E-state index contributed by atoms with van der Waals surface area (Å²) >= 11 is 6.22. The molecular formula is C24H23ClF2N6. The van der Waals surface area contributed by atoms with Gasteiger partial charge in [0.1, 0.15) is 17.5 Å². The van der Waals surface area contributed by atoms with Crippen molar-refractivity contribution in [2.75, 3.05) is 24.5 Å². The van der Waals surface area contributed by atoms with Gasteiger partial charge in [-0.2, -0.15) is 15.1 Å². The van der Waals surface area contributed by atoms with Gasteiger partial charge in [0.2, 0.25) is 5.28 Å². The van der Waals surface area contributed by atoms with Crippen molar-refractivity contribution >= 4 is 28.5 Å². The van der Waals surface area contributed by atoms with E-state index in [4.69, 9.17) is 11.6 Å². The van der Waals surface area contributed by atoms with Crippen LogP contribution in [0.4, 0.5) is 14.6 Å². The topological polar surface area (TPSA) is 50.1 Å². The number of hydrogen-bond acceptors (Lipinski definition) is 5. The number of aromatic nitrogens is 4. The molecule has 1 fully saturated rings. The molecule has 1 aliphatic heterocycles. The minimum absolute atomic E-state index is 0.108. The fraction of sp³-hybridized carbons (Fsp3) is 0.292. The Kier molecular flexibility index (Phi) is 5.72. The van der Waals surface area contributed by atoms with Crippen LogP contribution >= 0.6 is 11.6 Å². The quantitative estimate of drug-likeness (QED) is 0.410. The predicted molar refractivity (Wildman–Crippen MR) is 124 cm³/mol. The molecule has 1 atom stereocenters. The average molecular weight is 469 g/mol.